The van der Waals surface area contributed by atoms with E-state index >= 15 is 0 Å². The topological polar surface area (TPSA) is 75.6 Å². The van der Waals surface area contributed by atoms with Crippen LogP contribution in [0.4, 0.5) is 0 Å². The van der Waals surface area contributed by atoms with Crippen LogP contribution in [0.15, 0.2) is 36.4 Å². The molecule has 0 radical (unpaired) electrons. The maximum absolute atomic E-state index is 11.4. The van der Waals surface area contributed by atoms with Crippen LogP contribution in [-0.2, 0) is 9.47 Å². The van der Waals surface area contributed by atoms with Crippen LogP contribution in [0, 0.1) is 5.92 Å². The Morgan fingerprint density at radius 3 is 2.15 bits per heavy atom. The monoisotopic (exact) mass is 370 g/mol. The Morgan fingerprint density at radius 1 is 0.778 bits per heavy atom. The van der Waals surface area contributed by atoms with E-state index in [2.05, 4.69) is 0 Å². The molecular formula is C20H18O7. The Labute approximate surface area is 155 Å². The van der Waals surface area contributed by atoms with Gasteiger partial charge in [-0.15, -0.1) is 0 Å². The third-order valence-electron chi connectivity index (χ3n) is 5.82. The molecule has 0 saturated carbocycles. The molecule has 0 aliphatic carbocycles. The second-order valence-corrected chi connectivity index (χ2v) is 7.27. The maximum Gasteiger partial charge on any atom is 0.231 e. The highest BCUT2D eigenvalue weighted by Gasteiger charge is 2.59. The van der Waals surface area contributed by atoms with Crippen molar-refractivity contribution in [2.75, 3.05) is 26.8 Å². The van der Waals surface area contributed by atoms with E-state index in [1.54, 1.807) is 0 Å². The number of hydrogen-bond donors (Lipinski definition) is 1. The molecule has 7 nitrogen and oxygen atoms in total. The summed E-state index contributed by atoms with van der Waals surface area (Å²) >= 11 is 0. The molecule has 27 heavy (non-hydrogen) atoms. The van der Waals surface area contributed by atoms with Crippen molar-refractivity contribution in [3.8, 4) is 23.0 Å². The van der Waals surface area contributed by atoms with E-state index < -0.39 is 11.7 Å². The summed E-state index contributed by atoms with van der Waals surface area (Å²) in [4.78, 5) is 0. The summed E-state index contributed by atoms with van der Waals surface area (Å²) in [5, 5.41) is 11.4. The van der Waals surface area contributed by atoms with Crippen LogP contribution in [0.1, 0.15) is 23.3 Å². The largest absolute Gasteiger partial charge is 0.454 e. The zero-order valence-electron chi connectivity index (χ0n) is 14.4. The lowest BCUT2D eigenvalue weighted by atomic mass is 9.81. The maximum atomic E-state index is 11.4. The molecule has 0 spiro atoms. The van der Waals surface area contributed by atoms with Crippen molar-refractivity contribution in [2.24, 2.45) is 5.92 Å². The van der Waals surface area contributed by atoms with Gasteiger partial charge in [-0.3, -0.25) is 0 Å². The van der Waals surface area contributed by atoms with Gasteiger partial charge in [0.25, 0.3) is 0 Å². The first-order valence-electron chi connectivity index (χ1n) is 8.97. The van der Waals surface area contributed by atoms with Crippen LogP contribution < -0.4 is 18.9 Å². The van der Waals surface area contributed by atoms with E-state index in [4.69, 9.17) is 28.4 Å². The number of fused-ring (bicyclic) bond motifs is 3. The van der Waals surface area contributed by atoms with E-state index in [0.717, 1.165) is 16.9 Å². The predicted molar refractivity (Wildman–Crippen MR) is 91.0 cm³/mol. The summed E-state index contributed by atoms with van der Waals surface area (Å²) < 4.78 is 33.7. The molecule has 2 unspecified atom stereocenters. The van der Waals surface area contributed by atoms with Crippen molar-refractivity contribution in [3.05, 3.63) is 47.5 Å². The first kappa shape index (κ1) is 15.6. The van der Waals surface area contributed by atoms with Gasteiger partial charge in [-0.2, -0.15) is 0 Å². The zero-order valence-corrected chi connectivity index (χ0v) is 14.4. The molecule has 1 N–H and O–H groups in total. The lowest BCUT2D eigenvalue weighted by Crippen LogP contribution is -2.39. The molecule has 2 aromatic rings. The van der Waals surface area contributed by atoms with Gasteiger partial charge in [-0.1, -0.05) is 12.1 Å². The SMILES string of the molecule is O[C@]12COC(c3ccc4c(c3)OCO4)[C@H]1COC2c1ccc2c(c1)OCO2. The van der Waals surface area contributed by atoms with Gasteiger partial charge in [0.2, 0.25) is 13.6 Å². The molecule has 4 aliphatic rings. The highest BCUT2D eigenvalue weighted by atomic mass is 16.7. The predicted octanol–water partition coefficient (Wildman–Crippen LogP) is 2.33. The molecule has 0 aromatic heterocycles. The number of rotatable bonds is 2. The molecule has 7 heteroatoms. The van der Waals surface area contributed by atoms with E-state index in [-0.39, 0.29) is 32.2 Å². The Hall–Kier alpha value is -2.48. The average molecular weight is 370 g/mol. The molecular weight excluding hydrogens is 352 g/mol. The van der Waals surface area contributed by atoms with Crippen LogP contribution >= 0.6 is 0 Å². The summed E-state index contributed by atoms with van der Waals surface area (Å²) in [6.45, 7) is 1.06. The van der Waals surface area contributed by atoms with Crippen molar-refractivity contribution >= 4 is 0 Å². The Bertz CT molecular complexity index is 913. The van der Waals surface area contributed by atoms with Gasteiger partial charge in [0, 0.05) is 5.92 Å². The van der Waals surface area contributed by atoms with Crippen LogP contribution in [0.3, 0.4) is 0 Å². The summed E-state index contributed by atoms with van der Waals surface area (Å²) in [6.07, 6.45) is -0.737. The molecule has 2 saturated heterocycles. The molecule has 0 amide bonds. The molecule has 0 bridgehead atoms. The van der Waals surface area contributed by atoms with Crippen LogP contribution in [0.25, 0.3) is 0 Å². The number of hydrogen-bond acceptors (Lipinski definition) is 7. The average Bonchev–Trinajstić information content (AvgIpc) is 3.43. The Kier molecular flexibility index (Phi) is 3.18. The number of benzene rings is 2. The second-order valence-electron chi connectivity index (χ2n) is 7.27. The lowest BCUT2D eigenvalue weighted by molar-refractivity contribution is -0.0628. The minimum atomic E-state index is -1.10. The molecule has 4 aliphatic heterocycles. The number of ether oxygens (including phenoxy) is 6. The Morgan fingerprint density at radius 2 is 1.41 bits per heavy atom. The third kappa shape index (κ3) is 2.19. The van der Waals surface area contributed by atoms with Gasteiger partial charge in [0.1, 0.15) is 11.7 Å². The van der Waals surface area contributed by atoms with Crippen molar-refractivity contribution in [1.82, 2.24) is 0 Å². The normalized spacial score (nSPS) is 32.7. The second kappa shape index (κ2) is 5.51. The minimum Gasteiger partial charge on any atom is -0.454 e. The summed E-state index contributed by atoms with van der Waals surface area (Å²) in [5.74, 6) is 2.65. The van der Waals surface area contributed by atoms with Gasteiger partial charge >= 0.3 is 0 Å². The summed E-state index contributed by atoms with van der Waals surface area (Å²) in [5.41, 5.74) is 0.712. The molecule has 4 atom stereocenters. The van der Waals surface area contributed by atoms with Crippen molar-refractivity contribution < 1.29 is 33.5 Å². The number of aliphatic hydroxyl groups is 1. The van der Waals surface area contributed by atoms with Crippen molar-refractivity contribution in [2.45, 2.75) is 17.8 Å². The molecule has 140 valence electrons. The quantitative estimate of drug-likeness (QED) is 0.870. The first-order chi connectivity index (χ1) is 13.2. The fourth-order valence-electron chi connectivity index (χ4n) is 4.43. The molecule has 6 rings (SSSR count). The minimum absolute atomic E-state index is 0.173. The van der Waals surface area contributed by atoms with Crippen molar-refractivity contribution in [1.29, 1.82) is 0 Å². The van der Waals surface area contributed by atoms with E-state index in [0.29, 0.717) is 23.9 Å². The molecule has 4 heterocycles. The van der Waals surface area contributed by atoms with Gasteiger partial charge < -0.3 is 33.5 Å². The summed E-state index contributed by atoms with van der Waals surface area (Å²) in [6, 6.07) is 11.4. The molecule has 2 fully saturated rings. The van der Waals surface area contributed by atoms with Gasteiger partial charge in [-0.05, 0) is 35.4 Å². The van der Waals surface area contributed by atoms with Crippen LogP contribution in [0.5, 0.6) is 23.0 Å². The first-order valence-corrected chi connectivity index (χ1v) is 8.97. The standard InChI is InChI=1S/C20H18O7/c21-20-8-23-18(11-1-3-14-16(5-11)26-9-24-14)13(20)7-22-19(20)12-2-4-15-17(6-12)27-10-25-15/h1-6,13,18-19,21H,7-10H2/t13-,18?,19?,20-/m1/s1. The zero-order chi connectivity index (χ0) is 18.0. The highest BCUT2D eigenvalue weighted by Crippen LogP contribution is 2.54. The van der Waals surface area contributed by atoms with E-state index in [1.807, 2.05) is 36.4 Å². The fourth-order valence-corrected chi connectivity index (χ4v) is 4.43. The smallest absolute Gasteiger partial charge is 0.231 e. The third-order valence-corrected chi connectivity index (χ3v) is 5.82. The van der Waals surface area contributed by atoms with Crippen LogP contribution in [-0.4, -0.2) is 37.5 Å². The van der Waals surface area contributed by atoms with Crippen molar-refractivity contribution in [3.63, 3.8) is 0 Å². The summed E-state index contributed by atoms with van der Waals surface area (Å²) in [7, 11) is 0. The highest BCUT2D eigenvalue weighted by molar-refractivity contribution is 5.47. The van der Waals surface area contributed by atoms with E-state index in [1.165, 1.54) is 0 Å². The van der Waals surface area contributed by atoms with Gasteiger partial charge in [0.15, 0.2) is 23.0 Å². The van der Waals surface area contributed by atoms with Crippen LogP contribution in [0.2, 0.25) is 0 Å². The van der Waals surface area contributed by atoms with Gasteiger partial charge in [-0.25, -0.2) is 0 Å². The lowest BCUT2D eigenvalue weighted by Gasteiger charge is -2.27. The Balaban J connectivity index is 1.31. The fraction of sp³-hybridized carbons (Fsp3) is 0.400. The van der Waals surface area contributed by atoms with Gasteiger partial charge in [0.05, 0.1) is 19.3 Å². The van der Waals surface area contributed by atoms with E-state index in [9.17, 15) is 5.11 Å². The molecule has 2 aromatic carbocycles.